The SMILES string of the molecule is [C-]1=C(Cc2ccccc2)C(Cc2ccccc2)=C(Cc2ccccc2)C1.[Zr]. The van der Waals surface area contributed by atoms with Crippen LogP contribution in [0.2, 0.25) is 0 Å². The predicted octanol–water partition coefficient (Wildman–Crippen LogP) is 6.14. The Bertz CT molecular complexity index is 906. The first-order chi connectivity index (χ1) is 12.9. The summed E-state index contributed by atoms with van der Waals surface area (Å²) in [5, 5.41) is 0. The van der Waals surface area contributed by atoms with Gasteiger partial charge in [-0.2, -0.15) is 11.1 Å². The fourth-order valence-corrected chi connectivity index (χ4v) is 3.65. The normalized spacial score (nSPS) is 13.3. The van der Waals surface area contributed by atoms with Crippen molar-refractivity contribution in [2.75, 3.05) is 0 Å². The predicted molar refractivity (Wildman–Crippen MR) is 109 cm³/mol. The van der Waals surface area contributed by atoms with E-state index in [9.17, 15) is 0 Å². The zero-order chi connectivity index (χ0) is 17.6. The van der Waals surface area contributed by atoms with Gasteiger partial charge in [0.1, 0.15) is 0 Å². The number of rotatable bonds is 6. The maximum absolute atomic E-state index is 3.69. The topological polar surface area (TPSA) is 0 Å². The maximum Gasteiger partial charge on any atom is 0 e. The standard InChI is InChI=1S/C26H23.Zr/c1-4-10-21(11-5-1)18-24-16-17-25(19-22-12-6-2-7-13-22)26(24)20-23-14-8-3-9-15-23;/h1-15H,16,18-20H2;/q-1;. The van der Waals surface area contributed by atoms with Crippen LogP contribution in [0.1, 0.15) is 23.1 Å². The molecule has 3 aromatic rings. The molecule has 132 valence electrons. The number of allylic oxidation sites excluding steroid dienone is 4. The molecule has 0 atom stereocenters. The Morgan fingerprint density at radius 2 is 1.00 bits per heavy atom. The maximum atomic E-state index is 3.69. The van der Waals surface area contributed by atoms with Gasteiger partial charge in [0, 0.05) is 26.2 Å². The number of hydrogen-bond acceptors (Lipinski definition) is 0. The smallest absolute Gasteiger partial charge is 0 e. The number of benzene rings is 3. The van der Waals surface area contributed by atoms with E-state index in [4.69, 9.17) is 0 Å². The number of hydrogen-bond donors (Lipinski definition) is 0. The van der Waals surface area contributed by atoms with E-state index in [2.05, 4.69) is 97.1 Å². The van der Waals surface area contributed by atoms with Crippen LogP contribution in [0.5, 0.6) is 0 Å². The van der Waals surface area contributed by atoms with Gasteiger partial charge in [0.2, 0.25) is 0 Å². The van der Waals surface area contributed by atoms with Crippen molar-refractivity contribution in [1.82, 2.24) is 0 Å². The molecule has 27 heavy (non-hydrogen) atoms. The molecular formula is C26H23Zr-. The monoisotopic (exact) mass is 425 g/mol. The fourth-order valence-electron chi connectivity index (χ4n) is 3.65. The summed E-state index contributed by atoms with van der Waals surface area (Å²) in [5.74, 6) is 0. The van der Waals surface area contributed by atoms with Gasteiger partial charge < -0.3 is 0 Å². The zero-order valence-corrected chi connectivity index (χ0v) is 17.9. The van der Waals surface area contributed by atoms with Crippen LogP contribution in [0.4, 0.5) is 0 Å². The molecule has 4 rings (SSSR count). The van der Waals surface area contributed by atoms with Gasteiger partial charge in [0.05, 0.1) is 0 Å². The van der Waals surface area contributed by atoms with Crippen LogP contribution in [0, 0.1) is 6.08 Å². The van der Waals surface area contributed by atoms with Crippen LogP contribution in [0.3, 0.4) is 0 Å². The van der Waals surface area contributed by atoms with E-state index < -0.39 is 0 Å². The Morgan fingerprint density at radius 1 is 0.556 bits per heavy atom. The van der Waals surface area contributed by atoms with Gasteiger partial charge in [0.15, 0.2) is 0 Å². The molecular weight excluding hydrogens is 404 g/mol. The van der Waals surface area contributed by atoms with Gasteiger partial charge in [-0.3, -0.25) is 6.08 Å². The summed E-state index contributed by atoms with van der Waals surface area (Å²) >= 11 is 0. The van der Waals surface area contributed by atoms with E-state index in [1.165, 1.54) is 33.4 Å². The third kappa shape index (κ3) is 5.27. The molecule has 0 nitrogen and oxygen atoms in total. The van der Waals surface area contributed by atoms with Crippen LogP contribution < -0.4 is 0 Å². The van der Waals surface area contributed by atoms with Gasteiger partial charge in [-0.25, -0.2) is 5.57 Å². The zero-order valence-electron chi connectivity index (χ0n) is 15.5. The Hall–Kier alpha value is -1.98. The summed E-state index contributed by atoms with van der Waals surface area (Å²) in [5.41, 5.74) is 8.51. The van der Waals surface area contributed by atoms with E-state index in [1.807, 2.05) is 0 Å². The van der Waals surface area contributed by atoms with Crippen molar-refractivity contribution in [3.63, 3.8) is 0 Å². The molecule has 0 spiro atoms. The minimum atomic E-state index is 0. The molecule has 0 heterocycles. The first-order valence-electron chi connectivity index (χ1n) is 9.31. The second-order valence-electron chi connectivity index (χ2n) is 6.90. The molecule has 0 radical (unpaired) electrons. The molecule has 0 aliphatic heterocycles. The van der Waals surface area contributed by atoms with E-state index in [1.54, 1.807) is 0 Å². The van der Waals surface area contributed by atoms with Crippen molar-refractivity contribution in [3.8, 4) is 0 Å². The Labute approximate surface area is 181 Å². The molecule has 0 N–H and O–H groups in total. The first-order valence-corrected chi connectivity index (χ1v) is 9.31. The minimum Gasteiger partial charge on any atom is -0.269 e. The van der Waals surface area contributed by atoms with Crippen molar-refractivity contribution in [3.05, 3.63) is 130 Å². The van der Waals surface area contributed by atoms with Crippen LogP contribution >= 0.6 is 0 Å². The Kier molecular flexibility index (Phi) is 7.19. The van der Waals surface area contributed by atoms with E-state index >= 15 is 0 Å². The molecule has 0 saturated heterocycles. The molecule has 1 aliphatic rings. The van der Waals surface area contributed by atoms with Crippen molar-refractivity contribution in [2.45, 2.75) is 25.7 Å². The van der Waals surface area contributed by atoms with E-state index in [0.717, 1.165) is 25.7 Å². The summed E-state index contributed by atoms with van der Waals surface area (Å²) in [6, 6.07) is 32.3. The van der Waals surface area contributed by atoms with Crippen molar-refractivity contribution in [2.24, 2.45) is 0 Å². The van der Waals surface area contributed by atoms with E-state index in [0.29, 0.717) is 0 Å². The Morgan fingerprint density at radius 3 is 1.52 bits per heavy atom. The van der Waals surface area contributed by atoms with Crippen molar-refractivity contribution >= 4 is 0 Å². The van der Waals surface area contributed by atoms with Crippen LogP contribution in [0.15, 0.2) is 108 Å². The van der Waals surface area contributed by atoms with E-state index in [-0.39, 0.29) is 26.2 Å². The van der Waals surface area contributed by atoms with Gasteiger partial charge in [-0.1, -0.05) is 103 Å². The third-order valence-corrected chi connectivity index (χ3v) is 5.01. The van der Waals surface area contributed by atoms with Crippen LogP contribution in [-0.4, -0.2) is 0 Å². The minimum absolute atomic E-state index is 0. The van der Waals surface area contributed by atoms with Crippen LogP contribution in [0.25, 0.3) is 0 Å². The summed E-state index contributed by atoms with van der Waals surface area (Å²) in [6.45, 7) is 0. The molecule has 0 fully saturated rings. The molecule has 0 aromatic heterocycles. The van der Waals surface area contributed by atoms with Gasteiger partial charge in [-0.15, -0.1) is 6.42 Å². The molecule has 0 unspecified atom stereocenters. The first kappa shape index (κ1) is 19.8. The summed E-state index contributed by atoms with van der Waals surface area (Å²) in [7, 11) is 0. The van der Waals surface area contributed by atoms with Crippen LogP contribution in [-0.2, 0) is 45.5 Å². The Balaban J connectivity index is 0.00000210. The fraction of sp³-hybridized carbons (Fsp3) is 0.154. The molecule has 1 aliphatic carbocycles. The average Bonchev–Trinajstić information content (AvgIpc) is 3.05. The summed E-state index contributed by atoms with van der Waals surface area (Å²) < 4.78 is 0. The third-order valence-electron chi connectivity index (χ3n) is 5.01. The molecule has 1 heteroatoms. The second-order valence-corrected chi connectivity index (χ2v) is 6.90. The van der Waals surface area contributed by atoms with Gasteiger partial charge in [-0.05, 0) is 24.0 Å². The molecule has 0 amide bonds. The van der Waals surface area contributed by atoms with Crippen molar-refractivity contribution < 1.29 is 26.2 Å². The quantitative estimate of drug-likeness (QED) is 0.415. The second kappa shape index (κ2) is 9.81. The molecule has 0 bridgehead atoms. The summed E-state index contributed by atoms with van der Waals surface area (Å²) in [6.07, 6.45) is 7.64. The van der Waals surface area contributed by atoms with Crippen molar-refractivity contribution in [1.29, 1.82) is 0 Å². The molecule has 3 aromatic carbocycles. The largest absolute Gasteiger partial charge is 0.269 e. The molecule has 0 saturated carbocycles. The van der Waals surface area contributed by atoms with Gasteiger partial charge >= 0.3 is 0 Å². The average molecular weight is 427 g/mol. The summed E-state index contributed by atoms with van der Waals surface area (Å²) in [4.78, 5) is 0. The van der Waals surface area contributed by atoms with Gasteiger partial charge in [0.25, 0.3) is 0 Å².